The number of rotatable bonds is 5. The van der Waals surface area contributed by atoms with Crippen LogP contribution >= 0.6 is 0 Å². The van der Waals surface area contributed by atoms with Crippen molar-refractivity contribution in [1.29, 1.82) is 0 Å². The van der Waals surface area contributed by atoms with Crippen LogP contribution in [0, 0.1) is 5.41 Å². The molecular weight excluding hydrogens is 216 g/mol. The molecule has 2 fully saturated rings. The summed E-state index contributed by atoms with van der Waals surface area (Å²) in [6.07, 6.45) is 5.26. The molecule has 2 aliphatic rings. The van der Waals surface area contributed by atoms with E-state index in [0.717, 1.165) is 13.0 Å². The number of ether oxygens (including phenoxy) is 1. The lowest BCUT2D eigenvalue weighted by atomic mass is 9.51. The number of nitrogens with one attached hydrogen (secondary N) is 2. The molecule has 2 N–H and O–H groups in total. The van der Waals surface area contributed by atoms with Crippen LogP contribution in [0.3, 0.4) is 0 Å². The second kappa shape index (κ2) is 4.94. The first-order valence-corrected chi connectivity index (χ1v) is 6.73. The molecule has 98 valence electrons. The van der Waals surface area contributed by atoms with Gasteiger partial charge in [-0.15, -0.1) is 0 Å². The van der Waals surface area contributed by atoms with Crippen molar-refractivity contribution in [2.45, 2.75) is 57.7 Å². The van der Waals surface area contributed by atoms with Crippen molar-refractivity contribution in [3.8, 4) is 0 Å². The zero-order chi connectivity index (χ0) is 12.5. The minimum atomic E-state index is -0.106. The molecule has 3 atom stereocenters. The third-order valence-electron chi connectivity index (χ3n) is 4.53. The van der Waals surface area contributed by atoms with Gasteiger partial charge in [0.2, 0.25) is 5.91 Å². The summed E-state index contributed by atoms with van der Waals surface area (Å²) in [6.45, 7) is 4.78. The predicted molar refractivity (Wildman–Crippen MR) is 66.8 cm³/mol. The molecule has 0 aliphatic heterocycles. The molecule has 0 aromatic heterocycles. The van der Waals surface area contributed by atoms with Gasteiger partial charge in [-0.3, -0.25) is 4.79 Å². The van der Waals surface area contributed by atoms with Gasteiger partial charge in [-0.05, 0) is 33.1 Å². The van der Waals surface area contributed by atoms with Gasteiger partial charge in [0.15, 0.2) is 0 Å². The first kappa shape index (κ1) is 12.8. The van der Waals surface area contributed by atoms with E-state index < -0.39 is 0 Å². The molecule has 2 aliphatic carbocycles. The average molecular weight is 240 g/mol. The molecule has 1 amide bonds. The molecule has 3 unspecified atom stereocenters. The highest BCUT2D eigenvalue weighted by molar-refractivity contribution is 5.81. The summed E-state index contributed by atoms with van der Waals surface area (Å²) in [4.78, 5) is 11.5. The third-order valence-corrected chi connectivity index (χ3v) is 4.53. The summed E-state index contributed by atoms with van der Waals surface area (Å²) in [6, 6.07) is 0.352. The number of hydrogen-bond acceptors (Lipinski definition) is 3. The first-order valence-electron chi connectivity index (χ1n) is 6.73. The van der Waals surface area contributed by atoms with Crippen molar-refractivity contribution >= 4 is 5.91 Å². The molecule has 4 heteroatoms. The maximum absolute atomic E-state index is 11.5. The van der Waals surface area contributed by atoms with Crippen molar-refractivity contribution in [3.05, 3.63) is 0 Å². The monoisotopic (exact) mass is 240 g/mol. The molecule has 0 saturated heterocycles. The van der Waals surface area contributed by atoms with Crippen molar-refractivity contribution in [1.82, 2.24) is 10.6 Å². The highest BCUT2D eigenvalue weighted by Gasteiger charge is 2.59. The smallest absolute Gasteiger partial charge is 0.236 e. The van der Waals surface area contributed by atoms with E-state index in [0.29, 0.717) is 17.6 Å². The second-order valence-corrected chi connectivity index (χ2v) is 5.32. The van der Waals surface area contributed by atoms with E-state index in [-0.39, 0.29) is 11.9 Å². The van der Waals surface area contributed by atoms with Crippen molar-refractivity contribution in [2.75, 3.05) is 13.7 Å². The van der Waals surface area contributed by atoms with Gasteiger partial charge in [0, 0.05) is 25.1 Å². The molecule has 17 heavy (non-hydrogen) atoms. The Labute approximate surface area is 103 Å². The van der Waals surface area contributed by atoms with Crippen LogP contribution in [0.2, 0.25) is 0 Å². The third kappa shape index (κ3) is 2.08. The molecule has 2 rings (SSSR count). The zero-order valence-corrected chi connectivity index (χ0v) is 11.1. The first-order chi connectivity index (χ1) is 8.14. The lowest BCUT2D eigenvalue weighted by Crippen LogP contribution is -2.68. The Morgan fingerprint density at radius 2 is 2.24 bits per heavy atom. The highest BCUT2D eigenvalue weighted by atomic mass is 16.5. The molecule has 4 nitrogen and oxygen atoms in total. The van der Waals surface area contributed by atoms with Crippen LogP contribution in [0.25, 0.3) is 0 Å². The zero-order valence-electron chi connectivity index (χ0n) is 11.1. The Bertz CT molecular complexity index is 289. The van der Waals surface area contributed by atoms with Gasteiger partial charge in [0.1, 0.15) is 0 Å². The van der Waals surface area contributed by atoms with Crippen LogP contribution in [0.5, 0.6) is 0 Å². The van der Waals surface area contributed by atoms with E-state index in [4.69, 9.17) is 4.74 Å². The van der Waals surface area contributed by atoms with E-state index in [2.05, 4.69) is 17.6 Å². The number of carbonyl (C=O) groups excluding carboxylic acids is 1. The Kier molecular flexibility index (Phi) is 3.73. The Morgan fingerprint density at radius 1 is 1.53 bits per heavy atom. The van der Waals surface area contributed by atoms with Crippen LogP contribution in [-0.2, 0) is 9.53 Å². The molecule has 2 saturated carbocycles. The normalized spacial score (nSPS) is 31.5. The standard InChI is InChI=1S/C13H24N2O2/c1-4-17-11-8-10(13(11)6-5-7-13)15-9(2)12(16)14-3/h9-11,15H,4-8H2,1-3H3,(H,14,16). The van der Waals surface area contributed by atoms with Gasteiger partial charge in [-0.2, -0.15) is 0 Å². The van der Waals surface area contributed by atoms with Gasteiger partial charge in [0.25, 0.3) is 0 Å². The van der Waals surface area contributed by atoms with Gasteiger partial charge in [-0.25, -0.2) is 0 Å². The van der Waals surface area contributed by atoms with Crippen molar-refractivity contribution in [3.63, 3.8) is 0 Å². The fraction of sp³-hybridized carbons (Fsp3) is 0.923. The molecule has 0 radical (unpaired) electrons. The summed E-state index contributed by atoms with van der Waals surface area (Å²) in [5.74, 6) is 0.0688. The van der Waals surface area contributed by atoms with Crippen LogP contribution in [0.1, 0.15) is 39.5 Å². The van der Waals surface area contributed by atoms with E-state index in [1.54, 1.807) is 7.05 Å². The average Bonchev–Trinajstić information content (AvgIpc) is 2.23. The number of hydrogen-bond donors (Lipinski definition) is 2. The van der Waals surface area contributed by atoms with Crippen molar-refractivity contribution < 1.29 is 9.53 Å². The van der Waals surface area contributed by atoms with E-state index in [1.807, 2.05) is 6.92 Å². The predicted octanol–water partition coefficient (Wildman–Crippen LogP) is 1.06. The Balaban J connectivity index is 1.89. The summed E-state index contributed by atoms with van der Waals surface area (Å²) >= 11 is 0. The summed E-state index contributed by atoms with van der Waals surface area (Å²) in [5, 5.41) is 6.14. The number of amides is 1. The minimum Gasteiger partial charge on any atom is -0.378 e. The Morgan fingerprint density at radius 3 is 2.71 bits per heavy atom. The Hall–Kier alpha value is -0.610. The van der Waals surface area contributed by atoms with Crippen LogP contribution in [0.15, 0.2) is 0 Å². The fourth-order valence-corrected chi connectivity index (χ4v) is 3.27. The second-order valence-electron chi connectivity index (χ2n) is 5.32. The number of likely N-dealkylation sites (N-methyl/N-ethyl adjacent to an activating group) is 1. The molecule has 1 spiro atoms. The lowest BCUT2D eigenvalue weighted by Gasteiger charge is -2.61. The van der Waals surface area contributed by atoms with Crippen LogP contribution in [-0.4, -0.2) is 37.7 Å². The minimum absolute atomic E-state index is 0.0688. The molecule has 0 heterocycles. The maximum Gasteiger partial charge on any atom is 0.236 e. The molecule has 0 aromatic rings. The highest BCUT2D eigenvalue weighted by Crippen LogP contribution is 2.57. The summed E-state index contributed by atoms with van der Waals surface area (Å²) in [5.41, 5.74) is 0.332. The SMILES string of the molecule is CCOC1CC(NC(C)C(=O)NC)C12CCC2. The number of carbonyl (C=O) groups is 1. The fourth-order valence-electron chi connectivity index (χ4n) is 3.27. The van der Waals surface area contributed by atoms with Gasteiger partial charge >= 0.3 is 0 Å². The van der Waals surface area contributed by atoms with Crippen LogP contribution in [0.4, 0.5) is 0 Å². The maximum atomic E-state index is 11.5. The van der Waals surface area contributed by atoms with Gasteiger partial charge in [-0.1, -0.05) is 6.42 Å². The molecule has 0 aromatic carbocycles. The van der Waals surface area contributed by atoms with E-state index in [9.17, 15) is 4.79 Å². The molecule has 0 bridgehead atoms. The molecular formula is C13H24N2O2. The van der Waals surface area contributed by atoms with Crippen LogP contribution < -0.4 is 10.6 Å². The van der Waals surface area contributed by atoms with E-state index >= 15 is 0 Å². The summed E-state index contributed by atoms with van der Waals surface area (Å²) < 4.78 is 5.79. The van der Waals surface area contributed by atoms with Gasteiger partial charge < -0.3 is 15.4 Å². The van der Waals surface area contributed by atoms with Crippen molar-refractivity contribution in [2.24, 2.45) is 5.41 Å². The largest absolute Gasteiger partial charge is 0.378 e. The lowest BCUT2D eigenvalue weighted by molar-refractivity contribution is -0.175. The van der Waals surface area contributed by atoms with Gasteiger partial charge in [0.05, 0.1) is 12.1 Å². The van der Waals surface area contributed by atoms with E-state index in [1.165, 1.54) is 19.3 Å². The summed E-state index contributed by atoms with van der Waals surface area (Å²) in [7, 11) is 1.68. The topological polar surface area (TPSA) is 50.4 Å². The quantitative estimate of drug-likeness (QED) is 0.755.